The third kappa shape index (κ3) is 3.69. The van der Waals surface area contributed by atoms with E-state index in [9.17, 15) is 0 Å². The van der Waals surface area contributed by atoms with Gasteiger partial charge in [-0.2, -0.15) is 0 Å². The molecule has 0 aliphatic heterocycles. The maximum absolute atomic E-state index is 6.24. The Morgan fingerprint density at radius 1 is 1.10 bits per heavy atom. The Morgan fingerprint density at radius 3 is 2.35 bits per heavy atom. The highest BCUT2D eigenvalue weighted by atomic mass is 79.9. The molecule has 0 aliphatic carbocycles. The van der Waals surface area contributed by atoms with Gasteiger partial charge in [-0.1, -0.05) is 56.8 Å². The van der Waals surface area contributed by atoms with E-state index in [-0.39, 0.29) is 6.04 Å². The van der Waals surface area contributed by atoms with E-state index >= 15 is 0 Å². The summed E-state index contributed by atoms with van der Waals surface area (Å²) in [6, 6.07) is 11.3. The van der Waals surface area contributed by atoms with Gasteiger partial charge in [-0.15, -0.1) is 0 Å². The number of rotatable bonds is 4. The van der Waals surface area contributed by atoms with Crippen molar-refractivity contribution in [3.63, 3.8) is 0 Å². The number of hydrogen-bond donors (Lipinski definition) is 1. The fourth-order valence-electron chi connectivity index (χ4n) is 2.08. The summed E-state index contributed by atoms with van der Waals surface area (Å²) < 4.78 is 1.00. The van der Waals surface area contributed by atoms with Crippen molar-refractivity contribution in [2.45, 2.75) is 12.5 Å². The molecule has 2 aromatic rings. The van der Waals surface area contributed by atoms with Gasteiger partial charge in [-0.05, 0) is 54.9 Å². The maximum Gasteiger partial charge on any atom is 0.0453 e. The first kappa shape index (κ1) is 16.1. The van der Waals surface area contributed by atoms with Crippen LogP contribution in [0, 0.1) is 0 Å². The van der Waals surface area contributed by atoms with Gasteiger partial charge < -0.3 is 5.32 Å². The molecule has 1 N–H and O–H groups in total. The van der Waals surface area contributed by atoms with E-state index in [0.717, 1.165) is 15.6 Å². The predicted octanol–water partition coefficient (Wildman–Crippen LogP) is 5.91. The number of nitrogens with one attached hydrogen (secondary N) is 1. The smallest absolute Gasteiger partial charge is 0.0453 e. The molecule has 0 aromatic heterocycles. The van der Waals surface area contributed by atoms with Crippen molar-refractivity contribution in [2.75, 3.05) is 7.05 Å². The van der Waals surface area contributed by atoms with Crippen molar-refractivity contribution >= 4 is 50.7 Å². The molecule has 0 aliphatic rings. The van der Waals surface area contributed by atoms with Gasteiger partial charge >= 0.3 is 0 Å². The van der Waals surface area contributed by atoms with E-state index in [4.69, 9.17) is 34.8 Å². The van der Waals surface area contributed by atoms with E-state index < -0.39 is 0 Å². The first-order chi connectivity index (χ1) is 9.52. The lowest BCUT2D eigenvalue weighted by molar-refractivity contribution is 0.590. The second kappa shape index (κ2) is 7.15. The van der Waals surface area contributed by atoms with Crippen LogP contribution in [0.15, 0.2) is 40.9 Å². The molecule has 2 aromatic carbocycles. The topological polar surface area (TPSA) is 12.0 Å². The van der Waals surface area contributed by atoms with Crippen molar-refractivity contribution in [3.05, 3.63) is 67.1 Å². The van der Waals surface area contributed by atoms with E-state index in [1.807, 2.05) is 43.4 Å². The van der Waals surface area contributed by atoms with E-state index in [1.54, 1.807) is 0 Å². The Labute approximate surface area is 142 Å². The van der Waals surface area contributed by atoms with Gasteiger partial charge in [0.25, 0.3) is 0 Å². The van der Waals surface area contributed by atoms with E-state index in [1.165, 1.54) is 0 Å². The van der Waals surface area contributed by atoms with Crippen LogP contribution in [0.3, 0.4) is 0 Å². The maximum atomic E-state index is 6.24. The number of halogens is 4. The van der Waals surface area contributed by atoms with Crippen molar-refractivity contribution in [1.82, 2.24) is 5.32 Å². The van der Waals surface area contributed by atoms with Crippen molar-refractivity contribution < 1.29 is 0 Å². The van der Waals surface area contributed by atoms with Crippen molar-refractivity contribution in [2.24, 2.45) is 0 Å². The fraction of sp³-hybridized carbons (Fsp3) is 0.200. The number of benzene rings is 2. The zero-order chi connectivity index (χ0) is 14.7. The van der Waals surface area contributed by atoms with Crippen LogP contribution >= 0.6 is 50.7 Å². The molecule has 0 radical (unpaired) electrons. The van der Waals surface area contributed by atoms with Gasteiger partial charge in [0.15, 0.2) is 0 Å². The van der Waals surface area contributed by atoms with Crippen LogP contribution in [0.4, 0.5) is 0 Å². The third-order valence-electron chi connectivity index (χ3n) is 3.15. The summed E-state index contributed by atoms with van der Waals surface area (Å²) in [5.74, 6) is 0. The monoisotopic (exact) mass is 391 g/mol. The summed E-state index contributed by atoms with van der Waals surface area (Å²) in [6.07, 6.45) is 0.688. The van der Waals surface area contributed by atoms with Crippen LogP contribution in [-0.2, 0) is 6.42 Å². The molecule has 0 bridgehead atoms. The van der Waals surface area contributed by atoms with Crippen LogP contribution < -0.4 is 5.32 Å². The lowest BCUT2D eigenvalue weighted by Crippen LogP contribution is -2.19. The highest BCUT2D eigenvalue weighted by Crippen LogP contribution is 2.33. The summed E-state index contributed by atoms with van der Waals surface area (Å²) in [5, 5.41) is 5.34. The van der Waals surface area contributed by atoms with Gasteiger partial charge in [0, 0.05) is 25.6 Å². The van der Waals surface area contributed by atoms with Crippen LogP contribution in [0.1, 0.15) is 17.2 Å². The summed E-state index contributed by atoms with van der Waals surface area (Å²) in [7, 11) is 1.91. The van der Waals surface area contributed by atoms with Crippen molar-refractivity contribution in [3.8, 4) is 0 Å². The first-order valence-electron chi connectivity index (χ1n) is 6.08. The van der Waals surface area contributed by atoms with E-state index in [0.29, 0.717) is 21.5 Å². The molecule has 0 heterocycles. The standard InChI is InChI=1S/C15H13BrCl3N/c1-20-15(10-7-9(17)5-6-12(10)16)8-11-13(18)3-2-4-14(11)19/h2-7,15,20H,8H2,1H3. The molecule has 0 saturated heterocycles. The summed E-state index contributed by atoms with van der Waals surface area (Å²) in [6.45, 7) is 0. The van der Waals surface area contributed by atoms with Gasteiger partial charge in [0.05, 0.1) is 0 Å². The van der Waals surface area contributed by atoms with Gasteiger partial charge in [0.1, 0.15) is 0 Å². The largest absolute Gasteiger partial charge is 0.313 e. The van der Waals surface area contributed by atoms with Gasteiger partial charge in [0.2, 0.25) is 0 Å². The molecule has 106 valence electrons. The molecule has 2 rings (SSSR count). The zero-order valence-electron chi connectivity index (χ0n) is 10.8. The minimum absolute atomic E-state index is 0.0699. The van der Waals surface area contributed by atoms with Gasteiger partial charge in [-0.25, -0.2) is 0 Å². The molecule has 1 atom stereocenters. The lowest BCUT2D eigenvalue weighted by Gasteiger charge is -2.20. The van der Waals surface area contributed by atoms with Crippen LogP contribution in [0.2, 0.25) is 15.1 Å². The Kier molecular flexibility index (Phi) is 5.76. The molecular formula is C15H13BrCl3N. The van der Waals surface area contributed by atoms with Gasteiger partial charge in [-0.3, -0.25) is 0 Å². The molecule has 20 heavy (non-hydrogen) atoms. The van der Waals surface area contributed by atoms with Crippen LogP contribution in [0.5, 0.6) is 0 Å². The Hall–Kier alpha value is -0.250. The lowest BCUT2D eigenvalue weighted by atomic mass is 9.99. The van der Waals surface area contributed by atoms with Crippen LogP contribution in [0.25, 0.3) is 0 Å². The summed E-state index contributed by atoms with van der Waals surface area (Å²) in [4.78, 5) is 0. The second-order valence-corrected chi connectivity index (χ2v) is 6.52. The fourth-order valence-corrected chi connectivity index (χ4v) is 3.34. The Balaban J connectivity index is 2.36. The molecule has 5 heteroatoms. The molecule has 0 spiro atoms. The summed E-state index contributed by atoms with van der Waals surface area (Å²) in [5.41, 5.74) is 2.01. The predicted molar refractivity (Wildman–Crippen MR) is 91.1 cm³/mol. The average molecular weight is 394 g/mol. The van der Waals surface area contributed by atoms with E-state index in [2.05, 4.69) is 21.2 Å². The SMILES string of the molecule is CNC(Cc1c(Cl)cccc1Cl)c1cc(Cl)ccc1Br. The number of likely N-dealkylation sites (N-methyl/N-ethyl adjacent to an activating group) is 1. The second-order valence-electron chi connectivity index (χ2n) is 4.41. The highest BCUT2D eigenvalue weighted by molar-refractivity contribution is 9.10. The molecule has 0 amide bonds. The molecule has 1 nitrogen and oxygen atoms in total. The number of hydrogen-bond acceptors (Lipinski definition) is 1. The quantitative estimate of drug-likeness (QED) is 0.681. The Morgan fingerprint density at radius 2 is 1.75 bits per heavy atom. The first-order valence-corrected chi connectivity index (χ1v) is 8.00. The molecule has 0 saturated carbocycles. The van der Waals surface area contributed by atoms with Crippen LogP contribution in [-0.4, -0.2) is 7.05 Å². The third-order valence-corrected chi connectivity index (χ3v) is 4.82. The summed E-state index contributed by atoms with van der Waals surface area (Å²) >= 11 is 22.1. The molecule has 0 fully saturated rings. The Bertz CT molecular complexity index is 596. The zero-order valence-corrected chi connectivity index (χ0v) is 14.6. The normalized spacial score (nSPS) is 12.4. The minimum Gasteiger partial charge on any atom is -0.313 e. The highest BCUT2D eigenvalue weighted by Gasteiger charge is 2.17. The molecular weight excluding hydrogens is 380 g/mol. The molecule has 1 unspecified atom stereocenters. The average Bonchev–Trinajstić information content (AvgIpc) is 2.42. The minimum atomic E-state index is 0.0699. The van der Waals surface area contributed by atoms with Crippen molar-refractivity contribution in [1.29, 1.82) is 0 Å².